The van der Waals surface area contributed by atoms with E-state index in [1.165, 1.54) is 11.8 Å². The topological polar surface area (TPSA) is 51.0 Å². The van der Waals surface area contributed by atoms with E-state index >= 15 is 0 Å². The Kier molecular flexibility index (Phi) is 6.53. The standard InChI is InChI=1S/C12H15NO3S2/c1-3-16-12(17)18-8-11(13-14)9-4-6-10(15-2)7-5-9/h4-7,14H,3,8H2,1-2H3/b13-11-. The normalized spacial score (nSPS) is 11.1. The molecular formula is C12H15NO3S2. The van der Waals surface area contributed by atoms with Crippen LogP contribution in [0.2, 0.25) is 0 Å². The van der Waals surface area contributed by atoms with Crippen molar-refractivity contribution in [3.63, 3.8) is 0 Å². The SMILES string of the molecule is CCOC(=S)SC/C(=N/O)c1ccc(OC)cc1. The van der Waals surface area contributed by atoms with E-state index in [-0.39, 0.29) is 0 Å². The third-order valence-electron chi connectivity index (χ3n) is 2.13. The maximum Gasteiger partial charge on any atom is 0.220 e. The van der Waals surface area contributed by atoms with Crippen LogP contribution in [0.25, 0.3) is 0 Å². The van der Waals surface area contributed by atoms with E-state index in [1.807, 2.05) is 31.2 Å². The number of methoxy groups -OCH3 is 1. The molecule has 0 amide bonds. The first-order chi connectivity index (χ1) is 8.71. The molecule has 4 nitrogen and oxygen atoms in total. The summed E-state index contributed by atoms with van der Waals surface area (Å²) in [6.45, 7) is 2.41. The van der Waals surface area contributed by atoms with E-state index in [9.17, 15) is 0 Å². The van der Waals surface area contributed by atoms with Gasteiger partial charge in [0.25, 0.3) is 0 Å². The van der Waals surface area contributed by atoms with Crippen LogP contribution in [0.5, 0.6) is 5.75 Å². The van der Waals surface area contributed by atoms with Gasteiger partial charge in [0.2, 0.25) is 4.38 Å². The zero-order valence-corrected chi connectivity index (χ0v) is 11.9. The number of ether oxygens (including phenoxy) is 2. The van der Waals surface area contributed by atoms with Crippen LogP contribution in [-0.2, 0) is 4.74 Å². The summed E-state index contributed by atoms with van der Waals surface area (Å²) in [7, 11) is 1.60. The number of hydrogen-bond donors (Lipinski definition) is 1. The number of thioether (sulfide) groups is 1. The van der Waals surface area contributed by atoms with Gasteiger partial charge >= 0.3 is 0 Å². The largest absolute Gasteiger partial charge is 0.497 e. The number of hydrogen-bond acceptors (Lipinski definition) is 6. The molecule has 18 heavy (non-hydrogen) atoms. The fourth-order valence-corrected chi connectivity index (χ4v) is 2.21. The van der Waals surface area contributed by atoms with Crippen molar-refractivity contribution in [3.8, 4) is 5.75 Å². The molecule has 0 saturated heterocycles. The summed E-state index contributed by atoms with van der Waals surface area (Å²) in [5.74, 6) is 1.22. The highest BCUT2D eigenvalue weighted by atomic mass is 32.2. The van der Waals surface area contributed by atoms with Gasteiger partial charge in [0.1, 0.15) is 5.75 Å². The summed E-state index contributed by atoms with van der Waals surface area (Å²) in [5.41, 5.74) is 1.37. The van der Waals surface area contributed by atoms with Crippen LogP contribution in [-0.4, -0.2) is 34.8 Å². The molecule has 0 heterocycles. The van der Waals surface area contributed by atoms with Crippen molar-refractivity contribution >= 4 is 34.1 Å². The van der Waals surface area contributed by atoms with Crippen molar-refractivity contribution in [1.82, 2.24) is 0 Å². The summed E-state index contributed by atoms with van der Waals surface area (Å²) in [6.07, 6.45) is 0. The first kappa shape index (κ1) is 14.8. The third-order valence-corrected chi connectivity index (χ3v) is 3.38. The Balaban J connectivity index is 2.63. The summed E-state index contributed by atoms with van der Waals surface area (Å²) in [6, 6.07) is 7.29. The molecular weight excluding hydrogens is 270 g/mol. The molecule has 0 fully saturated rings. The number of benzene rings is 1. The lowest BCUT2D eigenvalue weighted by molar-refractivity contribution is 0.319. The highest BCUT2D eigenvalue weighted by Crippen LogP contribution is 2.15. The molecule has 0 saturated carbocycles. The van der Waals surface area contributed by atoms with Gasteiger partial charge < -0.3 is 14.7 Å². The molecule has 0 unspecified atom stereocenters. The van der Waals surface area contributed by atoms with Gasteiger partial charge in [-0.3, -0.25) is 0 Å². The van der Waals surface area contributed by atoms with Crippen molar-refractivity contribution < 1.29 is 14.7 Å². The quantitative estimate of drug-likeness (QED) is 0.390. The third kappa shape index (κ3) is 4.54. The molecule has 0 aromatic heterocycles. The van der Waals surface area contributed by atoms with Gasteiger partial charge in [0.05, 0.1) is 19.4 Å². The molecule has 98 valence electrons. The molecule has 0 radical (unpaired) electrons. The Bertz CT molecular complexity index is 418. The van der Waals surface area contributed by atoms with Crippen LogP contribution in [0.1, 0.15) is 12.5 Å². The van der Waals surface area contributed by atoms with Crippen molar-refractivity contribution in [2.24, 2.45) is 5.16 Å². The van der Waals surface area contributed by atoms with Crippen molar-refractivity contribution in [2.45, 2.75) is 6.92 Å². The van der Waals surface area contributed by atoms with Gasteiger partial charge in [0, 0.05) is 11.3 Å². The van der Waals surface area contributed by atoms with E-state index in [0.29, 0.717) is 22.5 Å². The second kappa shape index (κ2) is 7.94. The highest BCUT2D eigenvalue weighted by molar-refractivity contribution is 8.23. The van der Waals surface area contributed by atoms with E-state index < -0.39 is 0 Å². The maximum atomic E-state index is 9.01. The second-order valence-corrected chi connectivity index (χ2v) is 4.82. The average Bonchev–Trinajstić information content (AvgIpc) is 2.40. The zero-order chi connectivity index (χ0) is 13.4. The van der Waals surface area contributed by atoms with Crippen LogP contribution in [0.4, 0.5) is 0 Å². The van der Waals surface area contributed by atoms with Gasteiger partial charge in [-0.25, -0.2) is 0 Å². The molecule has 1 rings (SSSR count). The lowest BCUT2D eigenvalue weighted by Crippen LogP contribution is -2.07. The van der Waals surface area contributed by atoms with Crippen LogP contribution in [0.15, 0.2) is 29.4 Å². The van der Waals surface area contributed by atoms with Crippen LogP contribution in [0, 0.1) is 0 Å². The molecule has 0 aliphatic carbocycles. The monoisotopic (exact) mass is 285 g/mol. The number of nitrogens with zero attached hydrogens (tertiary/aromatic N) is 1. The van der Waals surface area contributed by atoms with Crippen molar-refractivity contribution in [3.05, 3.63) is 29.8 Å². The minimum atomic E-state index is 0.451. The maximum absolute atomic E-state index is 9.01. The summed E-state index contributed by atoms with van der Waals surface area (Å²) in [4.78, 5) is 0. The number of rotatable bonds is 5. The Morgan fingerprint density at radius 3 is 2.56 bits per heavy atom. The molecule has 0 atom stereocenters. The first-order valence-corrected chi connectivity index (χ1v) is 6.75. The average molecular weight is 285 g/mol. The lowest BCUT2D eigenvalue weighted by atomic mass is 10.1. The smallest absolute Gasteiger partial charge is 0.220 e. The Labute approximate surface area is 116 Å². The minimum Gasteiger partial charge on any atom is -0.497 e. The summed E-state index contributed by atoms with van der Waals surface area (Å²) in [5, 5.41) is 12.3. The van der Waals surface area contributed by atoms with Crippen molar-refractivity contribution in [2.75, 3.05) is 19.5 Å². The van der Waals surface area contributed by atoms with Gasteiger partial charge in [-0.2, -0.15) is 0 Å². The molecule has 6 heteroatoms. The zero-order valence-electron chi connectivity index (χ0n) is 10.3. The van der Waals surface area contributed by atoms with Gasteiger partial charge in [-0.15, -0.1) is 0 Å². The van der Waals surface area contributed by atoms with E-state index in [0.717, 1.165) is 11.3 Å². The van der Waals surface area contributed by atoms with Crippen molar-refractivity contribution in [1.29, 1.82) is 0 Å². The van der Waals surface area contributed by atoms with Crippen LogP contribution < -0.4 is 4.74 Å². The number of oxime groups is 1. The Hall–Kier alpha value is -1.27. The van der Waals surface area contributed by atoms with E-state index in [2.05, 4.69) is 5.16 Å². The van der Waals surface area contributed by atoms with E-state index in [1.54, 1.807) is 7.11 Å². The Morgan fingerprint density at radius 1 is 1.39 bits per heavy atom. The first-order valence-electron chi connectivity index (χ1n) is 5.36. The minimum absolute atomic E-state index is 0.451. The molecule has 1 aromatic rings. The highest BCUT2D eigenvalue weighted by Gasteiger charge is 2.07. The van der Waals surface area contributed by atoms with Crippen LogP contribution >= 0.6 is 24.0 Å². The molecule has 0 aliphatic rings. The van der Waals surface area contributed by atoms with Gasteiger partial charge in [-0.1, -0.05) is 16.9 Å². The van der Waals surface area contributed by atoms with Gasteiger partial charge in [0.15, 0.2) is 0 Å². The molecule has 0 spiro atoms. The van der Waals surface area contributed by atoms with Crippen LogP contribution in [0.3, 0.4) is 0 Å². The molecule has 1 N–H and O–H groups in total. The predicted molar refractivity (Wildman–Crippen MR) is 78.0 cm³/mol. The van der Waals surface area contributed by atoms with Gasteiger partial charge in [-0.05, 0) is 43.4 Å². The predicted octanol–water partition coefficient (Wildman–Crippen LogP) is 2.93. The summed E-state index contributed by atoms with van der Waals surface area (Å²) >= 11 is 6.32. The lowest BCUT2D eigenvalue weighted by Gasteiger charge is -2.07. The number of thiocarbonyl (C=S) groups is 1. The summed E-state index contributed by atoms with van der Waals surface area (Å²) < 4.78 is 10.7. The fraction of sp³-hybridized carbons (Fsp3) is 0.333. The molecule has 0 bridgehead atoms. The van der Waals surface area contributed by atoms with E-state index in [4.69, 9.17) is 26.9 Å². The fourth-order valence-electron chi connectivity index (χ4n) is 1.24. The second-order valence-electron chi connectivity index (χ2n) is 3.25. The molecule has 0 aliphatic heterocycles. The Morgan fingerprint density at radius 2 is 2.06 bits per heavy atom. The molecule has 1 aromatic carbocycles.